The zero-order chi connectivity index (χ0) is 19.9. The summed E-state index contributed by atoms with van der Waals surface area (Å²) in [5.74, 6) is 0.715. The van der Waals surface area contributed by atoms with Crippen LogP contribution < -0.4 is 4.74 Å². The average Bonchev–Trinajstić information content (AvgIpc) is 3.08. The van der Waals surface area contributed by atoms with Gasteiger partial charge in [-0.15, -0.1) is 0 Å². The van der Waals surface area contributed by atoms with Gasteiger partial charge in [-0.05, 0) is 50.2 Å². The predicted octanol–water partition coefficient (Wildman–Crippen LogP) is 3.76. The molecule has 0 saturated heterocycles. The first-order valence-corrected chi connectivity index (χ1v) is 10.3. The van der Waals surface area contributed by atoms with E-state index in [2.05, 4.69) is 22.5 Å². The van der Waals surface area contributed by atoms with E-state index in [4.69, 9.17) is 9.47 Å². The van der Waals surface area contributed by atoms with Crippen LogP contribution in [-0.4, -0.2) is 45.7 Å². The number of aryl methyl sites for hydroxylation is 1. The summed E-state index contributed by atoms with van der Waals surface area (Å²) in [4.78, 5) is 16.3. The maximum atomic E-state index is 11.6. The monoisotopic (exact) mass is 400 g/mol. The Morgan fingerprint density at radius 3 is 2.64 bits per heavy atom. The van der Waals surface area contributed by atoms with Crippen LogP contribution in [0.4, 0.5) is 0 Å². The topological polar surface area (TPSA) is 73.6 Å². The first kappa shape index (κ1) is 20.2. The molecule has 0 radical (unpaired) electrons. The first-order valence-electron chi connectivity index (χ1n) is 9.28. The van der Waals surface area contributed by atoms with E-state index >= 15 is 0 Å². The molecule has 2 aromatic carbocycles. The molecule has 0 aliphatic rings. The van der Waals surface area contributed by atoms with Crippen molar-refractivity contribution < 1.29 is 19.4 Å². The molecule has 148 valence electrons. The van der Waals surface area contributed by atoms with Gasteiger partial charge in [0, 0.05) is 12.3 Å². The Bertz CT molecular complexity index is 924. The van der Waals surface area contributed by atoms with E-state index in [1.54, 1.807) is 31.2 Å². The van der Waals surface area contributed by atoms with Crippen molar-refractivity contribution in [2.24, 2.45) is 0 Å². The molecule has 0 fully saturated rings. The Morgan fingerprint density at radius 1 is 1.18 bits per heavy atom. The number of rotatable bonds is 9. The van der Waals surface area contributed by atoms with Gasteiger partial charge in [-0.1, -0.05) is 23.9 Å². The van der Waals surface area contributed by atoms with Crippen LogP contribution in [0.2, 0.25) is 0 Å². The molecule has 0 aliphatic carbocycles. The summed E-state index contributed by atoms with van der Waals surface area (Å²) in [6.45, 7) is 5.18. The first-order chi connectivity index (χ1) is 13.6. The maximum absolute atomic E-state index is 11.6. The van der Waals surface area contributed by atoms with Crippen molar-refractivity contribution in [3.05, 3.63) is 54.1 Å². The molecule has 1 N–H and O–H groups in total. The fourth-order valence-corrected chi connectivity index (χ4v) is 3.77. The number of aliphatic hydroxyl groups is 1. The van der Waals surface area contributed by atoms with E-state index in [0.717, 1.165) is 22.7 Å². The van der Waals surface area contributed by atoms with Gasteiger partial charge in [-0.2, -0.15) is 0 Å². The third-order valence-electron chi connectivity index (χ3n) is 4.15. The molecule has 28 heavy (non-hydrogen) atoms. The van der Waals surface area contributed by atoms with Crippen LogP contribution in [0.15, 0.2) is 53.7 Å². The second kappa shape index (κ2) is 9.61. The van der Waals surface area contributed by atoms with Crippen LogP contribution in [0.5, 0.6) is 5.75 Å². The Balaban J connectivity index is 1.52. The third-order valence-corrected chi connectivity index (χ3v) is 5.27. The van der Waals surface area contributed by atoms with E-state index in [1.807, 2.05) is 18.2 Å². The Kier molecular flexibility index (Phi) is 6.95. The Hall–Kier alpha value is -2.51. The molecule has 0 bridgehead atoms. The molecule has 1 unspecified atom stereocenters. The van der Waals surface area contributed by atoms with Crippen molar-refractivity contribution >= 4 is 28.8 Å². The number of ether oxygens (including phenoxy) is 2. The molecule has 0 aliphatic heterocycles. The molecule has 7 heteroatoms. The van der Waals surface area contributed by atoms with Crippen molar-refractivity contribution in [3.8, 4) is 5.75 Å². The van der Waals surface area contributed by atoms with Gasteiger partial charge in [-0.3, -0.25) is 0 Å². The van der Waals surface area contributed by atoms with Crippen molar-refractivity contribution in [2.45, 2.75) is 31.7 Å². The molecule has 1 atom stereocenters. The second-order valence-electron chi connectivity index (χ2n) is 6.15. The van der Waals surface area contributed by atoms with Crippen molar-refractivity contribution in [1.29, 1.82) is 0 Å². The van der Waals surface area contributed by atoms with Crippen LogP contribution in [0.3, 0.4) is 0 Å². The molecule has 1 aromatic heterocycles. The minimum absolute atomic E-state index is 0.165. The van der Waals surface area contributed by atoms with Crippen LogP contribution in [0.1, 0.15) is 24.2 Å². The van der Waals surface area contributed by atoms with Crippen molar-refractivity contribution in [3.63, 3.8) is 0 Å². The lowest BCUT2D eigenvalue weighted by Gasteiger charge is -2.13. The van der Waals surface area contributed by atoms with Crippen LogP contribution in [-0.2, 0) is 11.3 Å². The number of benzene rings is 2. The maximum Gasteiger partial charge on any atom is 0.338 e. The predicted molar refractivity (Wildman–Crippen MR) is 110 cm³/mol. The minimum Gasteiger partial charge on any atom is -0.491 e. The van der Waals surface area contributed by atoms with Crippen LogP contribution in [0.25, 0.3) is 11.0 Å². The molecular formula is C21H24N2O4S. The molecule has 0 spiro atoms. The van der Waals surface area contributed by atoms with Crippen molar-refractivity contribution in [2.75, 3.05) is 19.0 Å². The number of para-hydroxylation sites is 2. The number of hydrogen-bond donors (Lipinski definition) is 1. The van der Waals surface area contributed by atoms with E-state index in [1.165, 1.54) is 11.8 Å². The number of esters is 1. The number of hydrogen-bond acceptors (Lipinski definition) is 6. The lowest BCUT2D eigenvalue weighted by Crippen LogP contribution is -2.20. The van der Waals surface area contributed by atoms with E-state index in [9.17, 15) is 9.90 Å². The standard InChI is InChI=1S/C21H24N2O4S/c1-3-23-19-8-6-5-7-18(19)22-21(23)28-14-16(24)13-27-17-11-9-15(10-12-17)20(25)26-4-2/h5-12,16,24H,3-4,13-14H2,1-2H3. The summed E-state index contributed by atoms with van der Waals surface area (Å²) in [5.41, 5.74) is 2.53. The normalized spacial score (nSPS) is 12.1. The second-order valence-corrected chi connectivity index (χ2v) is 7.14. The fourth-order valence-electron chi connectivity index (χ4n) is 2.78. The van der Waals surface area contributed by atoms with Gasteiger partial charge in [0.25, 0.3) is 0 Å². The van der Waals surface area contributed by atoms with Gasteiger partial charge < -0.3 is 19.1 Å². The molecule has 0 amide bonds. The quantitative estimate of drug-likeness (QED) is 0.435. The number of nitrogens with zero attached hydrogens (tertiary/aromatic N) is 2. The third kappa shape index (κ3) is 4.85. The lowest BCUT2D eigenvalue weighted by atomic mass is 10.2. The number of imidazole rings is 1. The zero-order valence-electron chi connectivity index (χ0n) is 16.0. The number of aliphatic hydroxyl groups excluding tert-OH is 1. The highest BCUT2D eigenvalue weighted by Crippen LogP contribution is 2.24. The Morgan fingerprint density at radius 2 is 1.93 bits per heavy atom. The molecule has 3 aromatic rings. The van der Waals surface area contributed by atoms with Crippen LogP contribution >= 0.6 is 11.8 Å². The molecule has 3 rings (SSSR count). The van der Waals surface area contributed by atoms with Gasteiger partial charge >= 0.3 is 5.97 Å². The van der Waals surface area contributed by atoms with Crippen molar-refractivity contribution in [1.82, 2.24) is 9.55 Å². The lowest BCUT2D eigenvalue weighted by molar-refractivity contribution is 0.0526. The summed E-state index contributed by atoms with van der Waals surface area (Å²) in [5, 5.41) is 11.2. The number of aromatic nitrogens is 2. The van der Waals surface area contributed by atoms with E-state index in [0.29, 0.717) is 23.7 Å². The van der Waals surface area contributed by atoms with Gasteiger partial charge in [0.1, 0.15) is 12.4 Å². The molecule has 6 nitrogen and oxygen atoms in total. The highest BCUT2D eigenvalue weighted by atomic mass is 32.2. The minimum atomic E-state index is -0.639. The number of fused-ring (bicyclic) bond motifs is 1. The molecule has 1 heterocycles. The number of carbonyl (C=O) groups excluding carboxylic acids is 1. The van der Waals surface area contributed by atoms with Gasteiger partial charge in [-0.25, -0.2) is 9.78 Å². The zero-order valence-corrected chi connectivity index (χ0v) is 16.8. The molecular weight excluding hydrogens is 376 g/mol. The molecule has 0 saturated carbocycles. The van der Waals surface area contributed by atoms with Gasteiger partial charge in [0.05, 0.1) is 29.3 Å². The van der Waals surface area contributed by atoms with Crippen LogP contribution in [0, 0.1) is 0 Å². The SMILES string of the molecule is CCOC(=O)c1ccc(OCC(O)CSc2nc3ccccc3n2CC)cc1. The summed E-state index contributed by atoms with van der Waals surface area (Å²) in [7, 11) is 0. The average molecular weight is 401 g/mol. The number of carbonyl (C=O) groups is 1. The summed E-state index contributed by atoms with van der Waals surface area (Å²) in [6.07, 6.45) is -0.639. The van der Waals surface area contributed by atoms with Gasteiger partial charge in [0.2, 0.25) is 0 Å². The summed E-state index contributed by atoms with van der Waals surface area (Å²) < 4.78 is 12.7. The van der Waals surface area contributed by atoms with E-state index < -0.39 is 6.10 Å². The number of thioether (sulfide) groups is 1. The Labute approximate surface area is 168 Å². The fraction of sp³-hybridized carbons (Fsp3) is 0.333. The van der Waals surface area contributed by atoms with Gasteiger partial charge in [0.15, 0.2) is 5.16 Å². The summed E-state index contributed by atoms with van der Waals surface area (Å²) in [6, 6.07) is 14.7. The smallest absolute Gasteiger partial charge is 0.338 e. The highest BCUT2D eigenvalue weighted by molar-refractivity contribution is 7.99. The summed E-state index contributed by atoms with van der Waals surface area (Å²) >= 11 is 1.51. The largest absolute Gasteiger partial charge is 0.491 e. The van der Waals surface area contributed by atoms with E-state index in [-0.39, 0.29) is 12.6 Å². The highest BCUT2D eigenvalue weighted by Gasteiger charge is 2.13.